The molecule has 0 atom stereocenters. The molecule has 24 heavy (non-hydrogen) atoms. The van der Waals surface area contributed by atoms with Crippen LogP contribution in [0.5, 0.6) is 11.5 Å². The predicted octanol–water partition coefficient (Wildman–Crippen LogP) is 2.43. The fourth-order valence-corrected chi connectivity index (χ4v) is 1.89. The number of cyclic esters (lactones) is 2. The van der Waals surface area contributed by atoms with Gasteiger partial charge in [-0.1, -0.05) is 0 Å². The fourth-order valence-electron chi connectivity index (χ4n) is 1.89. The second-order valence-electron chi connectivity index (χ2n) is 5.13. The third-order valence-corrected chi connectivity index (χ3v) is 2.88. The standard InChI is InChI=1S/C15H15F2NO6/c1-15(2)23-12(19)9(13(20)24-15)7-18-8-4-5-10(21-3)11(6-8)22-14(16)17/h4-7,14,18H,1-3H3. The van der Waals surface area contributed by atoms with E-state index in [4.69, 9.17) is 14.2 Å². The smallest absolute Gasteiger partial charge is 0.387 e. The van der Waals surface area contributed by atoms with Crippen molar-refractivity contribution in [3.63, 3.8) is 0 Å². The predicted molar refractivity (Wildman–Crippen MR) is 77.6 cm³/mol. The van der Waals surface area contributed by atoms with Crippen LogP contribution in [0.4, 0.5) is 14.5 Å². The Morgan fingerprint density at radius 3 is 2.33 bits per heavy atom. The average molecular weight is 343 g/mol. The topological polar surface area (TPSA) is 83.1 Å². The Balaban J connectivity index is 2.19. The number of carbonyl (C=O) groups is 2. The molecule has 1 aliphatic heterocycles. The van der Waals surface area contributed by atoms with E-state index in [9.17, 15) is 18.4 Å². The largest absolute Gasteiger partial charge is 0.493 e. The summed E-state index contributed by atoms with van der Waals surface area (Å²) in [5, 5.41) is 2.62. The van der Waals surface area contributed by atoms with E-state index < -0.39 is 24.3 Å². The number of halogens is 2. The van der Waals surface area contributed by atoms with E-state index in [1.54, 1.807) is 0 Å². The van der Waals surface area contributed by atoms with Crippen molar-refractivity contribution in [3.05, 3.63) is 30.0 Å². The molecule has 9 heteroatoms. The van der Waals surface area contributed by atoms with Crippen LogP contribution in [0, 0.1) is 0 Å². The number of hydrogen-bond donors (Lipinski definition) is 1. The molecule has 1 aromatic carbocycles. The molecule has 0 amide bonds. The van der Waals surface area contributed by atoms with Crippen molar-refractivity contribution in [3.8, 4) is 11.5 Å². The van der Waals surface area contributed by atoms with Crippen LogP contribution in [0.2, 0.25) is 0 Å². The maximum absolute atomic E-state index is 12.4. The number of benzene rings is 1. The first-order valence-corrected chi connectivity index (χ1v) is 6.78. The monoisotopic (exact) mass is 343 g/mol. The maximum Gasteiger partial charge on any atom is 0.387 e. The number of alkyl halides is 2. The highest BCUT2D eigenvalue weighted by molar-refractivity contribution is 6.15. The molecule has 1 N–H and O–H groups in total. The van der Waals surface area contributed by atoms with Gasteiger partial charge >= 0.3 is 18.6 Å². The van der Waals surface area contributed by atoms with Gasteiger partial charge < -0.3 is 24.3 Å². The zero-order valence-corrected chi connectivity index (χ0v) is 13.1. The molecular formula is C15H15F2NO6. The number of hydrogen-bond acceptors (Lipinski definition) is 7. The third-order valence-electron chi connectivity index (χ3n) is 2.88. The zero-order chi connectivity index (χ0) is 17.9. The summed E-state index contributed by atoms with van der Waals surface area (Å²) in [7, 11) is 1.30. The van der Waals surface area contributed by atoms with E-state index in [1.165, 1.54) is 39.2 Å². The summed E-state index contributed by atoms with van der Waals surface area (Å²) in [6.45, 7) is -0.187. The van der Waals surface area contributed by atoms with Crippen molar-refractivity contribution in [2.45, 2.75) is 26.2 Å². The number of esters is 2. The van der Waals surface area contributed by atoms with Crippen LogP contribution in [-0.2, 0) is 19.1 Å². The van der Waals surface area contributed by atoms with Gasteiger partial charge in [0, 0.05) is 31.8 Å². The van der Waals surface area contributed by atoms with Crippen LogP contribution >= 0.6 is 0 Å². The minimum atomic E-state index is -3.03. The van der Waals surface area contributed by atoms with Crippen LogP contribution in [0.25, 0.3) is 0 Å². The summed E-state index contributed by atoms with van der Waals surface area (Å²) in [6, 6.07) is 4.10. The molecule has 0 unspecified atom stereocenters. The summed E-state index contributed by atoms with van der Waals surface area (Å²) < 4.78 is 43.9. The lowest BCUT2D eigenvalue weighted by molar-refractivity contribution is -0.222. The SMILES string of the molecule is COc1ccc(NC=C2C(=O)OC(C)(C)OC2=O)cc1OC(F)F. The van der Waals surface area contributed by atoms with Crippen LogP contribution in [-0.4, -0.2) is 31.4 Å². The Hall–Kier alpha value is -2.84. The number of nitrogens with one attached hydrogen (secondary N) is 1. The molecule has 0 aromatic heterocycles. The Kier molecular flexibility index (Phi) is 4.91. The van der Waals surface area contributed by atoms with Crippen LogP contribution in [0.1, 0.15) is 13.8 Å². The minimum absolute atomic E-state index is 0.103. The Labute approximate surface area is 136 Å². The summed E-state index contributed by atoms with van der Waals surface area (Å²) in [4.78, 5) is 23.6. The van der Waals surface area contributed by atoms with Crippen LogP contribution in [0.15, 0.2) is 30.0 Å². The Morgan fingerprint density at radius 1 is 1.17 bits per heavy atom. The van der Waals surface area contributed by atoms with Gasteiger partial charge in [0.2, 0.25) is 0 Å². The fraction of sp³-hybridized carbons (Fsp3) is 0.333. The number of ether oxygens (including phenoxy) is 4. The molecule has 1 aromatic rings. The summed E-state index contributed by atoms with van der Waals surface area (Å²) in [5.41, 5.74) is -0.0779. The van der Waals surface area contributed by atoms with Crippen molar-refractivity contribution < 1.29 is 37.3 Å². The summed E-state index contributed by atoms with van der Waals surface area (Å²) in [6.07, 6.45) is 1.06. The molecule has 130 valence electrons. The second-order valence-corrected chi connectivity index (χ2v) is 5.13. The Bertz CT molecular complexity index is 665. The van der Waals surface area contributed by atoms with Gasteiger partial charge in [0.1, 0.15) is 0 Å². The molecule has 1 saturated heterocycles. The van der Waals surface area contributed by atoms with Crippen molar-refractivity contribution in [2.75, 3.05) is 12.4 Å². The van der Waals surface area contributed by atoms with Gasteiger partial charge in [-0.3, -0.25) is 0 Å². The van der Waals surface area contributed by atoms with Crippen molar-refractivity contribution in [1.29, 1.82) is 0 Å². The van der Waals surface area contributed by atoms with Crippen molar-refractivity contribution in [2.24, 2.45) is 0 Å². The molecule has 1 fully saturated rings. The number of carbonyl (C=O) groups excluding carboxylic acids is 2. The normalized spacial score (nSPS) is 16.3. The zero-order valence-electron chi connectivity index (χ0n) is 13.1. The summed E-state index contributed by atoms with van der Waals surface area (Å²) in [5.74, 6) is -3.16. The van der Waals surface area contributed by atoms with Gasteiger partial charge in [0.15, 0.2) is 17.1 Å². The molecule has 0 radical (unpaired) electrons. The highest BCUT2D eigenvalue weighted by Gasteiger charge is 2.38. The molecule has 0 spiro atoms. The highest BCUT2D eigenvalue weighted by Crippen LogP contribution is 2.31. The quantitative estimate of drug-likeness (QED) is 0.499. The number of methoxy groups -OCH3 is 1. The Morgan fingerprint density at radius 2 is 1.79 bits per heavy atom. The van der Waals surface area contributed by atoms with Gasteiger partial charge in [-0.25, -0.2) is 9.59 Å². The maximum atomic E-state index is 12.4. The van der Waals surface area contributed by atoms with Crippen LogP contribution < -0.4 is 14.8 Å². The highest BCUT2D eigenvalue weighted by atomic mass is 19.3. The molecule has 1 heterocycles. The minimum Gasteiger partial charge on any atom is -0.493 e. The van der Waals surface area contributed by atoms with Gasteiger partial charge in [0.05, 0.1) is 7.11 Å². The lowest BCUT2D eigenvalue weighted by Crippen LogP contribution is -2.42. The molecular weight excluding hydrogens is 328 g/mol. The molecule has 0 aliphatic carbocycles. The number of anilines is 1. The molecule has 1 aliphatic rings. The van der Waals surface area contributed by atoms with Gasteiger partial charge in [-0.05, 0) is 12.1 Å². The lowest BCUT2D eigenvalue weighted by Gasteiger charge is -2.29. The lowest BCUT2D eigenvalue weighted by atomic mass is 10.2. The third kappa shape index (κ3) is 4.12. The van der Waals surface area contributed by atoms with Crippen molar-refractivity contribution >= 4 is 17.6 Å². The molecule has 0 bridgehead atoms. The second kappa shape index (κ2) is 6.73. The van der Waals surface area contributed by atoms with Crippen molar-refractivity contribution in [1.82, 2.24) is 0 Å². The van der Waals surface area contributed by atoms with E-state index >= 15 is 0 Å². The molecule has 7 nitrogen and oxygen atoms in total. The van der Waals surface area contributed by atoms with E-state index in [0.717, 1.165) is 6.20 Å². The molecule has 2 rings (SSSR count). The van der Waals surface area contributed by atoms with Crippen LogP contribution in [0.3, 0.4) is 0 Å². The first-order valence-electron chi connectivity index (χ1n) is 6.78. The van der Waals surface area contributed by atoms with E-state index in [0.29, 0.717) is 0 Å². The van der Waals surface area contributed by atoms with E-state index in [1.807, 2.05) is 0 Å². The van der Waals surface area contributed by atoms with Gasteiger partial charge in [0.25, 0.3) is 5.79 Å². The average Bonchev–Trinajstić information content (AvgIpc) is 2.44. The van der Waals surface area contributed by atoms with E-state index in [-0.39, 0.29) is 22.8 Å². The van der Waals surface area contributed by atoms with Gasteiger partial charge in [-0.2, -0.15) is 8.78 Å². The van der Waals surface area contributed by atoms with E-state index in [2.05, 4.69) is 10.1 Å². The molecule has 0 saturated carbocycles. The first kappa shape index (κ1) is 17.5. The van der Waals surface area contributed by atoms with Gasteiger partial charge in [-0.15, -0.1) is 0 Å². The summed E-state index contributed by atoms with van der Waals surface area (Å²) >= 11 is 0. The number of rotatable bonds is 5. The first-order chi connectivity index (χ1) is 11.2.